The van der Waals surface area contributed by atoms with E-state index in [1.807, 2.05) is 22.9 Å². The number of hydrogen-bond acceptors (Lipinski definition) is 4. The molecule has 0 aliphatic heterocycles. The topological polar surface area (TPSA) is 68.8 Å². The summed E-state index contributed by atoms with van der Waals surface area (Å²) >= 11 is 5.77. The van der Waals surface area contributed by atoms with Gasteiger partial charge in [-0.25, -0.2) is 4.98 Å². The monoisotopic (exact) mass is 330 g/mol. The van der Waals surface area contributed by atoms with Gasteiger partial charge in [-0.1, -0.05) is 41.5 Å². The SMILES string of the molecule is C=CCO/N=C/C(=O)N=c1ccccn1Cc1ccc(Cl)nc1. The largest absolute Gasteiger partial charge is 0.391 e. The molecule has 0 aliphatic rings. The maximum absolute atomic E-state index is 11.8. The first-order valence-corrected chi connectivity index (χ1v) is 7.17. The Morgan fingerprint density at radius 3 is 3.00 bits per heavy atom. The third-order valence-corrected chi connectivity index (χ3v) is 2.94. The first-order chi connectivity index (χ1) is 11.2. The number of carbonyl (C=O) groups is 1. The molecule has 2 aromatic rings. The minimum Gasteiger partial charge on any atom is -0.391 e. The molecule has 0 N–H and O–H groups in total. The van der Waals surface area contributed by atoms with Crippen LogP contribution in [0.4, 0.5) is 0 Å². The molecule has 0 unspecified atom stereocenters. The Bertz CT molecular complexity index is 766. The molecule has 0 bridgehead atoms. The van der Waals surface area contributed by atoms with E-state index in [1.165, 1.54) is 6.08 Å². The van der Waals surface area contributed by atoms with Gasteiger partial charge in [0.1, 0.15) is 23.5 Å². The van der Waals surface area contributed by atoms with E-state index in [2.05, 4.69) is 21.7 Å². The molecule has 0 aromatic carbocycles. The van der Waals surface area contributed by atoms with Crippen molar-refractivity contribution in [3.05, 3.63) is 71.6 Å². The standard InChI is InChI=1S/C16H15ClN4O2/c1-2-9-23-19-11-16(22)20-15-5-3-4-8-21(15)12-13-6-7-14(17)18-10-13/h2-8,10-11H,1,9,12H2/b19-11+,20-15?. The Balaban J connectivity index is 2.17. The summed E-state index contributed by atoms with van der Waals surface area (Å²) in [6.45, 7) is 4.23. The number of rotatable bonds is 6. The fourth-order valence-corrected chi connectivity index (χ4v) is 1.83. The van der Waals surface area contributed by atoms with Gasteiger partial charge in [0.2, 0.25) is 0 Å². The lowest BCUT2D eigenvalue weighted by molar-refractivity contribution is -0.111. The molecular formula is C16H15ClN4O2. The molecule has 6 nitrogen and oxygen atoms in total. The number of carbonyl (C=O) groups excluding carboxylic acids is 1. The van der Waals surface area contributed by atoms with Crippen LogP contribution >= 0.6 is 11.6 Å². The highest BCUT2D eigenvalue weighted by Gasteiger charge is 1.99. The third-order valence-electron chi connectivity index (χ3n) is 2.71. The summed E-state index contributed by atoms with van der Waals surface area (Å²) in [5, 5.41) is 3.94. The summed E-state index contributed by atoms with van der Waals surface area (Å²) in [5.74, 6) is -0.511. The average molecular weight is 331 g/mol. The van der Waals surface area contributed by atoms with E-state index in [9.17, 15) is 4.79 Å². The molecule has 0 saturated heterocycles. The van der Waals surface area contributed by atoms with Crippen molar-refractivity contribution < 1.29 is 9.63 Å². The Morgan fingerprint density at radius 1 is 1.39 bits per heavy atom. The molecule has 0 spiro atoms. The lowest BCUT2D eigenvalue weighted by Crippen LogP contribution is -2.22. The van der Waals surface area contributed by atoms with Gasteiger partial charge in [-0.2, -0.15) is 4.99 Å². The van der Waals surface area contributed by atoms with Gasteiger partial charge in [0, 0.05) is 12.4 Å². The molecule has 0 atom stereocenters. The third kappa shape index (κ3) is 5.52. The van der Waals surface area contributed by atoms with Gasteiger partial charge in [-0.05, 0) is 23.8 Å². The minimum absolute atomic E-state index is 0.235. The zero-order valence-electron chi connectivity index (χ0n) is 12.3. The smallest absolute Gasteiger partial charge is 0.293 e. The van der Waals surface area contributed by atoms with Crippen LogP contribution in [-0.2, 0) is 16.2 Å². The molecule has 2 rings (SSSR count). The quantitative estimate of drug-likeness (QED) is 0.268. The zero-order chi connectivity index (χ0) is 16.5. The van der Waals surface area contributed by atoms with Gasteiger partial charge in [-0.15, -0.1) is 0 Å². The molecule has 0 aliphatic carbocycles. The second kappa shape index (κ2) is 8.65. The van der Waals surface area contributed by atoms with Crippen LogP contribution in [0.1, 0.15) is 5.56 Å². The fraction of sp³-hybridized carbons (Fsp3) is 0.125. The van der Waals surface area contributed by atoms with Crippen LogP contribution in [0.2, 0.25) is 5.15 Å². The van der Waals surface area contributed by atoms with Crippen LogP contribution in [0.25, 0.3) is 0 Å². The van der Waals surface area contributed by atoms with Crippen molar-refractivity contribution >= 4 is 23.7 Å². The van der Waals surface area contributed by atoms with E-state index in [4.69, 9.17) is 16.4 Å². The molecule has 0 radical (unpaired) electrons. The lowest BCUT2D eigenvalue weighted by atomic mass is 10.3. The molecule has 1 amide bonds. The van der Waals surface area contributed by atoms with Crippen LogP contribution in [0.15, 0.2) is 65.5 Å². The molecule has 2 heterocycles. The van der Waals surface area contributed by atoms with Gasteiger partial charge in [0.15, 0.2) is 0 Å². The molecule has 0 saturated carbocycles. The van der Waals surface area contributed by atoms with Gasteiger partial charge >= 0.3 is 0 Å². The average Bonchev–Trinajstić information content (AvgIpc) is 2.55. The van der Waals surface area contributed by atoms with Crippen molar-refractivity contribution in [2.45, 2.75) is 6.54 Å². The van der Waals surface area contributed by atoms with Crippen molar-refractivity contribution in [1.29, 1.82) is 0 Å². The van der Waals surface area contributed by atoms with Crippen molar-refractivity contribution in [2.24, 2.45) is 10.1 Å². The van der Waals surface area contributed by atoms with Crippen LogP contribution in [0, 0.1) is 0 Å². The Labute approximate surface area is 138 Å². The molecule has 118 valence electrons. The summed E-state index contributed by atoms with van der Waals surface area (Å²) in [6, 6.07) is 8.97. The van der Waals surface area contributed by atoms with Gasteiger partial charge in [0.05, 0.1) is 6.54 Å². The lowest BCUT2D eigenvalue weighted by Gasteiger charge is -2.06. The summed E-state index contributed by atoms with van der Waals surface area (Å²) in [4.78, 5) is 24.6. The zero-order valence-corrected chi connectivity index (χ0v) is 13.1. The second-order valence-electron chi connectivity index (χ2n) is 4.44. The van der Waals surface area contributed by atoms with Crippen molar-refractivity contribution in [2.75, 3.05) is 6.61 Å². The van der Waals surface area contributed by atoms with Crippen LogP contribution in [-0.4, -0.2) is 28.3 Å². The first-order valence-electron chi connectivity index (χ1n) is 6.80. The van der Waals surface area contributed by atoms with Crippen molar-refractivity contribution in [3.63, 3.8) is 0 Å². The Kier molecular flexibility index (Phi) is 6.26. The summed E-state index contributed by atoms with van der Waals surface area (Å²) in [7, 11) is 0. The van der Waals surface area contributed by atoms with E-state index in [0.29, 0.717) is 17.2 Å². The number of halogens is 1. The maximum atomic E-state index is 11.8. The fourth-order valence-electron chi connectivity index (χ4n) is 1.72. The Hall–Kier alpha value is -2.73. The summed E-state index contributed by atoms with van der Waals surface area (Å²) in [5.41, 5.74) is 1.44. The van der Waals surface area contributed by atoms with E-state index >= 15 is 0 Å². The highest BCUT2D eigenvalue weighted by molar-refractivity contribution is 6.29. The number of nitrogens with zero attached hydrogens (tertiary/aromatic N) is 4. The normalized spacial score (nSPS) is 11.6. The van der Waals surface area contributed by atoms with E-state index in [1.54, 1.807) is 24.4 Å². The van der Waals surface area contributed by atoms with Crippen LogP contribution in [0.3, 0.4) is 0 Å². The second-order valence-corrected chi connectivity index (χ2v) is 4.83. The van der Waals surface area contributed by atoms with Crippen molar-refractivity contribution in [3.8, 4) is 0 Å². The predicted octanol–water partition coefficient (Wildman–Crippen LogP) is 2.20. The summed E-state index contributed by atoms with van der Waals surface area (Å²) in [6.07, 6.45) is 6.06. The van der Waals surface area contributed by atoms with E-state index < -0.39 is 5.91 Å². The number of amides is 1. The van der Waals surface area contributed by atoms with Crippen LogP contribution < -0.4 is 5.49 Å². The molecule has 0 fully saturated rings. The van der Waals surface area contributed by atoms with E-state index in [0.717, 1.165) is 11.8 Å². The number of hydrogen-bond donors (Lipinski definition) is 0. The minimum atomic E-state index is -0.511. The van der Waals surface area contributed by atoms with E-state index in [-0.39, 0.29) is 6.61 Å². The van der Waals surface area contributed by atoms with Crippen LogP contribution in [0.5, 0.6) is 0 Å². The number of pyridine rings is 2. The molecule has 23 heavy (non-hydrogen) atoms. The highest BCUT2D eigenvalue weighted by Crippen LogP contribution is 2.05. The van der Waals surface area contributed by atoms with Crippen molar-refractivity contribution in [1.82, 2.24) is 9.55 Å². The molecule has 2 aromatic heterocycles. The first kappa shape index (κ1) is 16.6. The summed E-state index contributed by atoms with van der Waals surface area (Å²) < 4.78 is 1.82. The predicted molar refractivity (Wildman–Crippen MR) is 88.0 cm³/mol. The van der Waals surface area contributed by atoms with Gasteiger partial charge in [0.25, 0.3) is 5.91 Å². The molecular weight excluding hydrogens is 316 g/mol. The number of oxime groups is 1. The molecule has 7 heteroatoms. The number of aromatic nitrogens is 2. The van der Waals surface area contributed by atoms with Gasteiger partial charge in [-0.3, -0.25) is 4.79 Å². The Morgan fingerprint density at radius 2 is 2.26 bits per heavy atom. The highest BCUT2D eigenvalue weighted by atomic mass is 35.5. The van der Waals surface area contributed by atoms with Gasteiger partial charge < -0.3 is 9.40 Å². The maximum Gasteiger partial charge on any atom is 0.293 e.